The summed E-state index contributed by atoms with van der Waals surface area (Å²) >= 11 is 0. The summed E-state index contributed by atoms with van der Waals surface area (Å²) in [6.07, 6.45) is -1.12. The van der Waals surface area contributed by atoms with Crippen LogP contribution in [0.25, 0.3) is 0 Å². The molecule has 0 radical (unpaired) electrons. The first kappa shape index (κ1) is 16.5. The molecule has 0 aromatic heterocycles. The molecule has 7 nitrogen and oxygen atoms in total. The molecule has 3 atom stereocenters. The Labute approximate surface area is 106 Å². The van der Waals surface area contributed by atoms with Crippen LogP contribution in [-0.4, -0.2) is 48.1 Å². The Kier molecular flexibility index (Phi) is 7.14. The van der Waals surface area contributed by atoms with Crippen molar-refractivity contribution in [3.05, 3.63) is 0 Å². The van der Waals surface area contributed by atoms with Crippen LogP contribution in [0.5, 0.6) is 0 Å². The molecule has 1 amide bonds. The van der Waals surface area contributed by atoms with E-state index in [2.05, 4.69) is 5.32 Å². The molecule has 104 valence electrons. The molecule has 4 N–H and O–H groups in total. The van der Waals surface area contributed by atoms with Gasteiger partial charge in [-0.15, -0.1) is 0 Å². The molecule has 0 aromatic rings. The number of hydrogen-bond donors (Lipinski definition) is 3. The first-order valence-electron chi connectivity index (χ1n) is 5.62. The molecule has 0 aromatic carbocycles. The lowest BCUT2D eigenvalue weighted by Crippen LogP contribution is -2.40. The molecule has 0 bridgehead atoms. The molecule has 0 saturated carbocycles. The zero-order valence-electron chi connectivity index (χ0n) is 10.8. The number of amides is 1. The van der Waals surface area contributed by atoms with E-state index in [1.165, 1.54) is 13.8 Å². The Bertz CT molecular complexity index is 317. The molecule has 18 heavy (non-hydrogen) atoms. The van der Waals surface area contributed by atoms with Gasteiger partial charge < -0.3 is 20.9 Å². The topological polar surface area (TPSA) is 119 Å². The quantitative estimate of drug-likeness (QED) is 0.523. The number of carbonyl (C=O) groups is 3. The second-order valence-corrected chi connectivity index (χ2v) is 4.25. The highest BCUT2D eigenvalue weighted by atomic mass is 16.5. The van der Waals surface area contributed by atoms with Crippen LogP contribution in [0.15, 0.2) is 0 Å². The lowest BCUT2D eigenvalue weighted by molar-refractivity contribution is -0.153. The molecular weight excluding hydrogens is 240 g/mol. The van der Waals surface area contributed by atoms with Crippen LogP contribution in [0.1, 0.15) is 20.8 Å². The van der Waals surface area contributed by atoms with E-state index >= 15 is 0 Å². The summed E-state index contributed by atoms with van der Waals surface area (Å²) in [7, 11) is 0. The van der Waals surface area contributed by atoms with Crippen LogP contribution in [0, 0.1) is 5.92 Å². The Balaban J connectivity index is 4.24. The maximum atomic E-state index is 11.3. The van der Waals surface area contributed by atoms with E-state index in [1.54, 1.807) is 6.92 Å². The van der Waals surface area contributed by atoms with Gasteiger partial charge in [-0.05, 0) is 20.8 Å². The predicted molar refractivity (Wildman–Crippen MR) is 63.9 cm³/mol. The van der Waals surface area contributed by atoms with Gasteiger partial charge in [-0.25, -0.2) is 0 Å². The van der Waals surface area contributed by atoms with Gasteiger partial charge in [-0.1, -0.05) is 0 Å². The van der Waals surface area contributed by atoms with Gasteiger partial charge in [-0.2, -0.15) is 0 Å². The molecule has 0 saturated heterocycles. The molecular formula is C11H20N2O5. The van der Waals surface area contributed by atoms with Crippen molar-refractivity contribution in [2.24, 2.45) is 11.7 Å². The summed E-state index contributed by atoms with van der Waals surface area (Å²) in [5.74, 6) is -3.00. The first-order valence-corrected chi connectivity index (χ1v) is 5.62. The zero-order valence-corrected chi connectivity index (χ0v) is 10.8. The molecule has 0 aliphatic carbocycles. The zero-order chi connectivity index (χ0) is 14.3. The lowest BCUT2D eigenvalue weighted by Gasteiger charge is -2.18. The number of carboxylic acids is 1. The maximum absolute atomic E-state index is 11.3. The number of aliphatic carboxylic acids is 1. The smallest absolute Gasteiger partial charge is 0.309 e. The number of nitrogens with two attached hydrogens (primary N) is 1. The third kappa shape index (κ3) is 6.31. The van der Waals surface area contributed by atoms with E-state index in [1.807, 2.05) is 0 Å². The monoisotopic (exact) mass is 260 g/mol. The fourth-order valence-corrected chi connectivity index (χ4v) is 1.23. The highest BCUT2D eigenvalue weighted by Crippen LogP contribution is 2.09. The average Bonchev–Trinajstić information content (AvgIpc) is 2.25. The number of rotatable bonds is 8. The van der Waals surface area contributed by atoms with Gasteiger partial charge in [0.05, 0.1) is 5.92 Å². The number of hydrogen-bond acceptors (Lipinski definition) is 5. The van der Waals surface area contributed by atoms with Crippen molar-refractivity contribution in [3.63, 3.8) is 0 Å². The number of Topliss-reactive ketones (excluding diaryl/α,β-unsaturated/α-hetero) is 1. The van der Waals surface area contributed by atoms with Gasteiger partial charge in [0.25, 0.3) is 0 Å². The van der Waals surface area contributed by atoms with Crippen molar-refractivity contribution in [2.75, 3.05) is 13.2 Å². The van der Waals surface area contributed by atoms with Crippen molar-refractivity contribution >= 4 is 17.7 Å². The number of ketones is 1. The third-order valence-electron chi connectivity index (χ3n) is 2.26. The molecule has 0 fully saturated rings. The minimum Gasteiger partial charge on any atom is -0.481 e. The summed E-state index contributed by atoms with van der Waals surface area (Å²) in [6.45, 7) is 4.24. The van der Waals surface area contributed by atoms with Crippen LogP contribution >= 0.6 is 0 Å². The van der Waals surface area contributed by atoms with Crippen molar-refractivity contribution in [2.45, 2.75) is 32.9 Å². The summed E-state index contributed by atoms with van der Waals surface area (Å²) in [5.41, 5.74) is 5.45. The third-order valence-corrected chi connectivity index (χ3v) is 2.26. The van der Waals surface area contributed by atoms with Crippen LogP contribution in [0.4, 0.5) is 0 Å². The van der Waals surface area contributed by atoms with Gasteiger partial charge in [0.2, 0.25) is 5.91 Å². The summed E-state index contributed by atoms with van der Waals surface area (Å²) in [6, 6.07) is -0.185. The Morgan fingerprint density at radius 1 is 1.33 bits per heavy atom. The molecule has 0 heterocycles. The van der Waals surface area contributed by atoms with E-state index in [0.29, 0.717) is 6.54 Å². The van der Waals surface area contributed by atoms with Crippen molar-refractivity contribution in [1.29, 1.82) is 0 Å². The van der Waals surface area contributed by atoms with Gasteiger partial charge in [0, 0.05) is 12.6 Å². The summed E-state index contributed by atoms with van der Waals surface area (Å²) < 4.78 is 5.04. The minimum absolute atomic E-state index is 0.185. The van der Waals surface area contributed by atoms with Crippen molar-refractivity contribution in [3.8, 4) is 0 Å². The Morgan fingerprint density at radius 3 is 2.28 bits per heavy atom. The highest BCUT2D eigenvalue weighted by Gasteiger charge is 2.28. The predicted octanol–water partition coefficient (Wildman–Crippen LogP) is -0.855. The largest absolute Gasteiger partial charge is 0.481 e. The Morgan fingerprint density at radius 2 is 1.89 bits per heavy atom. The second kappa shape index (κ2) is 7.78. The van der Waals surface area contributed by atoms with E-state index in [9.17, 15) is 14.4 Å². The number of carbonyl (C=O) groups excluding carboxylic acids is 2. The fraction of sp³-hybridized carbons (Fsp3) is 0.727. The minimum atomic E-state index is -1.15. The SMILES string of the molecule is CC(=O)C(OCC(=O)NCC(C)N)C(C)C(=O)O. The molecule has 0 aliphatic rings. The van der Waals surface area contributed by atoms with Gasteiger partial charge in [0.15, 0.2) is 5.78 Å². The second-order valence-electron chi connectivity index (χ2n) is 4.25. The molecule has 7 heteroatoms. The standard InChI is InChI=1S/C11H20N2O5/c1-6(12)4-13-9(15)5-18-10(8(3)14)7(2)11(16)17/h6-7,10H,4-5,12H2,1-3H3,(H,13,15)(H,16,17). The molecule has 3 unspecified atom stereocenters. The van der Waals surface area contributed by atoms with E-state index in [4.69, 9.17) is 15.6 Å². The van der Waals surface area contributed by atoms with Gasteiger partial charge in [0.1, 0.15) is 12.7 Å². The van der Waals surface area contributed by atoms with Crippen molar-refractivity contribution in [1.82, 2.24) is 5.32 Å². The summed E-state index contributed by atoms with van der Waals surface area (Å²) in [4.78, 5) is 33.3. The van der Waals surface area contributed by atoms with Crippen LogP contribution in [-0.2, 0) is 19.1 Å². The first-order chi connectivity index (χ1) is 8.25. The Hall–Kier alpha value is -1.47. The fourth-order valence-electron chi connectivity index (χ4n) is 1.23. The van der Waals surface area contributed by atoms with Crippen LogP contribution in [0.2, 0.25) is 0 Å². The van der Waals surface area contributed by atoms with E-state index in [0.717, 1.165) is 0 Å². The molecule has 0 rings (SSSR count). The van der Waals surface area contributed by atoms with Crippen LogP contribution < -0.4 is 11.1 Å². The van der Waals surface area contributed by atoms with Gasteiger partial charge >= 0.3 is 5.97 Å². The molecule has 0 aliphatic heterocycles. The number of ether oxygens (including phenoxy) is 1. The highest BCUT2D eigenvalue weighted by molar-refractivity contribution is 5.86. The lowest BCUT2D eigenvalue weighted by atomic mass is 10.0. The normalized spacial score (nSPS) is 15.6. The van der Waals surface area contributed by atoms with E-state index < -0.39 is 29.7 Å². The van der Waals surface area contributed by atoms with Gasteiger partial charge in [-0.3, -0.25) is 14.4 Å². The van der Waals surface area contributed by atoms with Crippen molar-refractivity contribution < 1.29 is 24.2 Å². The average molecular weight is 260 g/mol. The maximum Gasteiger partial charge on any atom is 0.309 e. The molecule has 0 spiro atoms. The number of nitrogens with one attached hydrogen (secondary N) is 1. The van der Waals surface area contributed by atoms with Crippen LogP contribution in [0.3, 0.4) is 0 Å². The van der Waals surface area contributed by atoms with E-state index in [-0.39, 0.29) is 12.6 Å². The summed E-state index contributed by atoms with van der Waals surface area (Å²) in [5, 5.41) is 11.3. The number of carboxylic acid groups (broad SMARTS) is 1.